The third-order valence-corrected chi connectivity index (χ3v) is 1.76. The van der Waals surface area contributed by atoms with Gasteiger partial charge >= 0.3 is 0 Å². The maximum absolute atomic E-state index is 10.5. The highest BCUT2D eigenvalue weighted by atomic mass is 16.1. The summed E-state index contributed by atoms with van der Waals surface area (Å²) in [7, 11) is 0. The Morgan fingerprint density at radius 1 is 1.62 bits per heavy atom. The second-order valence-electron chi connectivity index (χ2n) is 3.44. The van der Waals surface area contributed by atoms with Crippen molar-refractivity contribution in [3.63, 3.8) is 0 Å². The van der Waals surface area contributed by atoms with E-state index in [0.717, 1.165) is 13.1 Å². The van der Waals surface area contributed by atoms with Gasteiger partial charge in [0.15, 0.2) is 0 Å². The van der Waals surface area contributed by atoms with E-state index in [1.165, 1.54) is 19.3 Å². The molecule has 0 radical (unpaired) electrons. The van der Waals surface area contributed by atoms with Crippen LogP contribution in [-0.4, -0.2) is 25.0 Å². The van der Waals surface area contributed by atoms with Crippen LogP contribution in [0.1, 0.15) is 42.9 Å². The molecule has 1 rings (SSSR count). The molecule has 0 aromatic carbocycles. The quantitative estimate of drug-likeness (QED) is 0.697. The second kappa shape index (κ2) is 8.05. The predicted octanol–water partition coefficient (Wildman–Crippen LogP) is 1.78. The molecule has 1 saturated heterocycles. The summed E-state index contributed by atoms with van der Waals surface area (Å²) >= 11 is 0. The van der Waals surface area contributed by atoms with Gasteiger partial charge in [-0.2, -0.15) is 0 Å². The minimum atomic E-state index is 0. The van der Waals surface area contributed by atoms with Crippen molar-refractivity contribution in [2.24, 2.45) is 0 Å². The average Bonchev–Trinajstić information content (AvgIpc) is 2.54. The van der Waals surface area contributed by atoms with Crippen molar-refractivity contribution in [3.8, 4) is 0 Å². The zero-order valence-corrected chi connectivity index (χ0v) is 9.02. The van der Waals surface area contributed by atoms with E-state index < -0.39 is 0 Å². The van der Waals surface area contributed by atoms with Crippen LogP contribution in [0.3, 0.4) is 0 Å². The SMILES string of the molecule is CC(=O)NC[C@@H]1CCCN1.CCC.[HH].[HH]. The van der Waals surface area contributed by atoms with E-state index >= 15 is 0 Å². The zero-order valence-electron chi connectivity index (χ0n) is 9.02. The van der Waals surface area contributed by atoms with Crippen LogP contribution >= 0.6 is 0 Å². The molecule has 0 aromatic rings. The largest absolute Gasteiger partial charge is 0.355 e. The lowest BCUT2D eigenvalue weighted by molar-refractivity contribution is -0.119. The van der Waals surface area contributed by atoms with Crippen LogP contribution in [-0.2, 0) is 4.79 Å². The number of rotatable bonds is 2. The van der Waals surface area contributed by atoms with Crippen LogP contribution < -0.4 is 10.6 Å². The summed E-state index contributed by atoms with van der Waals surface area (Å²) in [6.07, 6.45) is 3.69. The standard InChI is InChI=1S/C7H14N2O.C3H8.2H2/c1-6(10)9-5-7-3-2-4-8-7;1-3-2;;/h7-8H,2-5H2,1H3,(H,9,10);3H2,1-2H3;2*1H/t7-;;;/m0.../s1. The van der Waals surface area contributed by atoms with Crippen LogP contribution in [0.25, 0.3) is 0 Å². The van der Waals surface area contributed by atoms with Gasteiger partial charge in [0.2, 0.25) is 5.91 Å². The summed E-state index contributed by atoms with van der Waals surface area (Å²) in [5, 5.41) is 6.08. The van der Waals surface area contributed by atoms with Crippen molar-refractivity contribution in [1.29, 1.82) is 0 Å². The molecule has 0 saturated carbocycles. The van der Waals surface area contributed by atoms with Gasteiger partial charge in [-0.1, -0.05) is 20.3 Å². The van der Waals surface area contributed by atoms with Crippen molar-refractivity contribution in [2.45, 2.75) is 46.1 Å². The maximum Gasteiger partial charge on any atom is 0.216 e. The van der Waals surface area contributed by atoms with Crippen molar-refractivity contribution in [1.82, 2.24) is 10.6 Å². The maximum atomic E-state index is 10.5. The van der Waals surface area contributed by atoms with E-state index in [2.05, 4.69) is 24.5 Å². The normalized spacial score (nSPS) is 20.4. The minimum Gasteiger partial charge on any atom is -0.355 e. The fourth-order valence-corrected chi connectivity index (χ4v) is 1.20. The van der Waals surface area contributed by atoms with Crippen molar-refractivity contribution in [2.75, 3.05) is 13.1 Å². The summed E-state index contributed by atoms with van der Waals surface area (Å²) in [6, 6.07) is 0.517. The van der Waals surface area contributed by atoms with Gasteiger partial charge in [-0.3, -0.25) is 4.79 Å². The minimum absolute atomic E-state index is 0. The molecule has 1 atom stereocenters. The Labute approximate surface area is 84.3 Å². The molecule has 3 nitrogen and oxygen atoms in total. The van der Waals surface area contributed by atoms with Gasteiger partial charge < -0.3 is 10.6 Å². The molecular weight excluding hydrogens is 164 g/mol. The van der Waals surface area contributed by atoms with E-state index in [1.807, 2.05) is 0 Å². The Kier molecular flexibility index (Phi) is 7.69. The lowest BCUT2D eigenvalue weighted by atomic mass is 10.2. The molecule has 1 fully saturated rings. The Morgan fingerprint density at radius 3 is 2.62 bits per heavy atom. The lowest BCUT2D eigenvalue weighted by Gasteiger charge is -2.09. The van der Waals surface area contributed by atoms with Gasteiger partial charge in [-0.15, -0.1) is 0 Å². The fraction of sp³-hybridized carbons (Fsp3) is 0.900. The topological polar surface area (TPSA) is 41.1 Å². The number of nitrogens with one attached hydrogen (secondary N) is 2. The summed E-state index contributed by atoms with van der Waals surface area (Å²) in [6.45, 7) is 7.69. The highest BCUT2D eigenvalue weighted by Crippen LogP contribution is 2.02. The molecular formula is C10H26N2O. The molecule has 0 unspecified atom stereocenters. The number of carbonyl (C=O) groups excluding carboxylic acids is 1. The Morgan fingerprint density at radius 2 is 2.23 bits per heavy atom. The molecule has 1 aliphatic rings. The Bertz CT molecular complexity index is 139. The molecule has 0 bridgehead atoms. The van der Waals surface area contributed by atoms with E-state index in [1.54, 1.807) is 6.92 Å². The van der Waals surface area contributed by atoms with Crippen molar-refractivity contribution < 1.29 is 7.65 Å². The Hall–Kier alpha value is -0.570. The smallest absolute Gasteiger partial charge is 0.216 e. The fourth-order valence-electron chi connectivity index (χ4n) is 1.20. The zero-order chi connectivity index (χ0) is 10.1. The first-order chi connectivity index (χ1) is 6.20. The van der Waals surface area contributed by atoms with E-state index in [-0.39, 0.29) is 8.76 Å². The van der Waals surface area contributed by atoms with Gasteiger partial charge in [-0.25, -0.2) is 0 Å². The van der Waals surface area contributed by atoms with E-state index in [9.17, 15) is 4.79 Å². The van der Waals surface area contributed by atoms with Crippen LogP contribution in [0, 0.1) is 0 Å². The van der Waals surface area contributed by atoms with Gasteiger partial charge in [0.25, 0.3) is 0 Å². The number of amides is 1. The summed E-state index contributed by atoms with van der Waals surface area (Å²) < 4.78 is 0. The third kappa shape index (κ3) is 7.78. The predicted molar refractivity (Wildman–Crippen MR) is 59.9 cm³/mol. The molecule has 3 heteroatoms. The van der Waals surface area contributed by atoms with Gasteiger partial charge in [-0.05, 0) is 19.4 Å². The first-order valence-electron chi connectivity index (χ1n) is 5.18. The van der Waals surface area contributed by atoms with Gasteiger partial charge in [0.05, 0.1) is 0 Å². The van der Waals surface area contributed by atoms with Crippen LogP contribution in [0.2, 0.25) is 0 Å². The molecule has 1 heterocycles. The van der Waals surface area contributed by atoms with Crippen molar-refractivity contribution >= 4 is 5.91 Å². The molecule has 1 aliphatic heterocycles. The van der Waals surface area contributed by atoms with E-state index in [4.69, 9.17) is 0 Å². The first kappa shape index (κ1) is 12.4. The van der Waals surface area contributed by atoms with Crippen LogP contribution in [0.4, 0.5) is 0 Å². The van der Waals surface area contributed by atoms with E-state index in [0.29, 0.717) is 6.04 Å². The second-order valence-corrected chi connectivity index (χ2v) is 3.44. The van der Waals surface area contributed by atoms with Crippen LogP contribution in [0.15, 0.2) is 0 Å². The van der Waals surface area contributed by atoms with Gasteiger partial charge in [0, 0.05) is 22.4 Å². The highest BCUT2D eigenvalue weighted by Gasteiger charge is 2.12. The molecule has 1 amide bonds. The third-order valence-electron chi connectivity index (χ3n) is 1.76. The molecule has 82 valence electrons. The highest BCUT2D eigenvalue weighted by molar-refractivity contribution is 5.72. The number of hydrogen-bond donors (Lipinski definition) is 2. The average molecular weight is 190 g/mol. The number of carbonyl (C=O) groups is 1. The monoisotopic (exact) mass is 190 g/mol. The first-order valence-corrected chi connectivity index (χ1v) is 5.18. The molecule has 0 aliphatic carbocycles. The molecule has 0 aromatic heterocycles. The summed E-state index contributed by atoms with van der Waals surface area (Å²) in [5.41, 5.74) is 0. The molecule has 0 spiro atoms. The summed E-state index contributed by atoms with van der Waals surface area (Å²) in [4.78, 5) is 10.5. The lowest BCUT2D eigenvalue weighted by Crippen LogP contribution is -2.35. The van der Waals surface area contributed by atoms with Crippen molar-refractivity contribution in [3.05, 3.63) is 0 Å². The summed E-state index contributed by atoms with van der Waals surface area (Å²) in [5.74, 6) is 0.0636. The van der Waals surface area contributed by atoms with Crippen LogP contribution in [0.5, 0.6) is 0 Å². The Balaban J connectivity index is -0.000000260. The molecule has 13 heavy (non-hydrogen) atoms. The molecule has 2 N–H and O–H groups in total. The number of hydrogen-bond acceptors (Lipinski definition) is 2. The van der Waals surface area contributed by atoms with Gasteiger partial charge in [0.1, 0.15) is 0 Å².